The van der Waals surface area contributed by atoms with Gasteiger partial charge in [0.15, 0.2) is 41.4 Å². The average molecular weight is 935 g/mol. The first-order chi connectivity index (χ1) is 31.3. The summed E-state index contributed by atoms with van der Waals surface area (Å²) < 4.78 is 15.3. The molecule has 66 heavy (non-hydrogen) atoms. The van der Waals surface area contributed by atoms with Crippen LogP contribution in [0.15, 0.2) is 107 Å². The molecular weight excluding hydrogens is 889 g/mol. The topological polar surface area (TPSA) is 243 Å². The predicted octanol–water partition coefficient (Wildman–Crippen LogP) is 8.71. The molecule has 342 valence electrons. The van der Waals surface area contributed by atoms with Crippen LogP contribution >= 0.6 is 23.1 Å². The van der Waals surface area contributed by atoms with Crippen molar-refractivity contribution < 1.29 is 58.9 Å². The number of aromatic amines is 1. The molecule has 2 heterocycles. The number of ether oxygens (including phenoxy) is 3. The first-order valence-corrected chi connectivity index (χ1v) is 21.7. The third-order valence-electron chi connectivity index (χ3n) is 9.78. The summed E-state index contributed by atoms with van der Waals surface area (Å²) in [5.41, 5.74) is 4.05. The number of benzene rings is 5. The lowest BCUT2D eigenvalue weighted by molar-refractivity contribution is 0.0471. The highest BCUT2D eigenvalue weighted by Crippen LogP contribution is 2.30. The van der Waals surface area contributed by atoms with Gasteiger partial charge in [-0.15, -0.1) is 11.3 Å². The Kier molecular flexibility index (Phi) is 16.7. The third kappa shape index (κ3) is 13.0. The number of methoxy groups -OCH3 is 1. The fraction of sp³-hybridized carbons (Fsp3) is 0.184. The van der Waals surface area contributed by atoms with Gasteiger partial charge in [-0.1, -0.05) is 41.1 Å². The number of nitrogens with one attached hydrogen (secondary N) is 1. The average Bonchev–Trinajstić information content (AvgIpc) is 3.59. The summed E-state index contributed by atoms with van der Waals surface area (Å²) in [5.74, 6) is -1.44. The van der Waals surface area contributed by atoms with Gasteiger partial charge < -0.3 is 44.7 Å². The Hall–Kier alpha value is -7.63. The Morgan fingerprint density at radius 1 is 0.636 bits per heavy atom. The lowest BCUT2D eigenvalue weighted by atomic mass is 10.1. The molecule has 15 nitrogen and oxygen atoms in total. The van der Waals surface area contributed by atoms with Gasteiger partial charge in [-0.3, -0.25) is 19.2 Å². The van der Waals surface area contributed by atoms with E-state index in [1.165, 1.54) is 54.8 Å². The van der Waals surface area contributed by atoms with Crippen LogP contribution in [0.3, 0.4) is 0 Å². The van der Waals surface area contributed by atoms with E-state index in [4.69, 9.17) is 14.2 Å². The van der Waals surface area contributed by atoms with Crippen LogP contribution in [0.2, 0.25) is 0 Å². The summed E-state index contributed by atoms with van der Waals surface area (Å²) in [5, 5.41) is 48.5. The molecule has 0 aliphatic carbocycles. The van der Waals surface area contributed by atoms with Crippen molar-refractivity contribution in [1.29, 1.82) is 0 Å². The summed E-state index contributed by atoms with van der Waals surface area (Å²) >= 11 is 2.57. The summed E-state index contributed by atoms with van der Waals surface area (Å²) in [4.78, 5) is 69.0. The quantitative estimate of drug-likeness (QED) is 0.0208. The maximum absolute atomic E-state index is 12.2. The zero-order valence-electron chi connectivity index (χ0n) is 36.6. The number of aromatic hydroxyl groups is 5. The Morgan fingerprint density at radius 3 is 1.94 bits per heavy atom. The number of carbonyl (C=O) groups is 4. The number of aryl methyl sites for hydroxylation is 5. The van der Waals surface area contributed by atoms with Gasteiger partial charge in [0, 0.05) is 22.1 Å². The van der Waals surface area contributed by atoms with Crippen LogP contribution in [0, 0.1) is 34.6 Å². The molecule has 0 amide bonds. The summed E-state index contributed by atoms with van der Waals surface area (Å²) in [6, 6.07) is 25.0. The molecule has 6 N–H and O–H groups in total. The number of phenolic OH excluding ortho intramolecular Hbond substituents is 5. The van der Waals surface area contributed by atoms with E-state index in [9.17, 15) is 49.5 Å². The smallest absolute Gasteiger partial charge is 0.342 e. The Labute approximate surface area is 386 Å². The number of H-pyrrole nitrogens is 1. The zero-order valence-corrected chi connectivity index (χ0v) is 38.3. The number of Topliss-reactive ketones (excluding diaryl/α,β-unsaturated/α-hetero) is 3. The number of thioether (sulfide) groups is 1. The number of carbonyl (C=O) groups excluding carboxylic acids is 4. The summed E-state index contributed by atoms with van der Waals surface area (Å²) in [6.07, 6.45) is 0. The molecule has 7 aromatic rings. The largest absolute Gasteiger partial charge is 0.508 e. The highest BCUT2D eigenvalue weighted by molar-refractivity contribution is 7.99. The van der Waals surface area contributed by atoms with Crippen LogP contribution in [0.25, 0.3) is 10.2 Å². The number of nitrogens with zero attached hydrogens (tertiary/aromatic N) is 1. The molecule has 5 aromatic carbocycles. The molecule has 0 fully saturated rings. The Balaban J connectivity index is 0.000000186. The normalized spacial score (nSPS) is 10.5. The molecule has 0 spiro atoms. The number of thiophene rings is 1. The van der Waals surface area contributed by atoms with E-state index in [2.05, 4.69) is 9.97 Å². The number of hydrogen-bond acceptors (Lipinski definition) is 16. The standard InChI is InChI=1S/C17H16O5.C16H14N2O4S2.C16H16O4/c1-11-3-8-15(18)14(9-11)17(20)22-10-16(19)12-4-6-13(21-2)7-5-12;1-7-8(2)24-15-13(7)14(22)17-16(18-15)23-6-12(21)9-3-4-10(19)11(20)5-9;1-10-3-5-12(6-4-10)20-9-16(19)13-7-11(2)14(17)8-15(13)18/h3-9,18H,10H2,1-2H3;3-5,19-20H,6H2,1-2H3,(H,17,18,22);3-8,17-18H,9H2,1-2H3. The minimum atomic E-state index is -0.733. The van der Waals surface area contributed by atoms with Crippen LogP contribution in [-0.2, 0) is 4.74 Å². The first-order valence-electron chi connectivity index (χ1n) is 19.9. The van der Waals surface area contributed by atoms with Crippen LogP contribution in [0.1, 0.15) is 68.6 Å². The van der Waals surface area contributed by atoms with E-state index >= 15 is 0 Å². The van der Waals surface area contributed by atoms with Gasteiger partial charge in [0.1, 0.15) is 39.1 Å². The maximum atomic E-state index is 12.2. The minimum Gasteiger partial charge on any atom is -0.508 e. The van der Waals surface area contributed by atoms with E-state index in [0.29, 0.717) is 38.0 Å². The number of fused-ring (bicyclic) bond motifs is 1. The van der Waals surface area contributed by atoms with Crippen molar-refractivity contribution in [2.75, 3.05) is 26.1 Å². The lowest BCUT2D eigenvalue weighted by Gasteiger charge is -2.08. The van der Waals surface area contributed by atoms with E-state index in [1.807, 2.05) is 32.9 Å². The second kappa shape index (κ2) is 22.3. The van der Waals surface area contributed by atoms with Gasteiger partial charge in [-0.25, -0.2) is 9.78 Å². The van der Waals surface area contributed by atoms with Gasteiger partial charge in [0.2, 0.25) is 5.78 Å². The molecule has 2 aromatic heterocycles. The molecule has 7 rings (SSSR count). The number of ketones is 3. The zero-order chi connectivity index (χ0) is 48.2. The van der Waals surface area contributed by atoms with Crippen molar-refractivity contribution >= 4 is 56.6 Å². The van der Waals surface area contributed by atoms with Crippen molar-refractivity contribution in [1.82, 2.24) is 9.97 Å². The van der Waals surface area contributed by atoms with Crippen molar-refractivity contribution in [2.45, 2.75) is 39.8 Å². The molecule has 0 aliphatic rings. The molecule has 0 aliphatic heterocycles. The van der Waals surface area contributed by atoms with Crippen molar-refractivity contribution in [2.24, 2.45) is 0 Å². The lowest BCUT2D eigenvalue weighted by Crippen LogP contribution is -2.14. The third-order valence-corrected chi connectivity index (χ3v) is 11.8. The van der Waals surface area contributed by atoms with E-state index in [1.54, 1.807) is 56.3 Å². The van der Waals surface area contributed by atoms with Gasteiger partial charge in [-0.2, -0.15) is 0 Å². The summed E-state index contributed by atoms with van der Waals surface area (Å²) in [6.45, 7) is 8.68. The fourth-order valence-corrected chi connectivity index (χ4v) is 7.71. The molecule has 17 heteroatoms. The highest BCUT2D eigenvalue weighted by Gasteiger charge is 2.18. The monoisotopic (exact) mass is 934 g/mol. The fourth-order valence-electron chi connectivity index (χ4n) is 5.87. The van der Waals surface area contributed by atoms with Gasteiger partial charge in [0.25, 0.3) is 5.56 Å². The molecular formula is C49H46N2O13S2. The van der Waals surface area contributed by atoms with Crippen molar-refractivity contribution in [3.63, 3.8) is 0 Å². The number of phenols is 5. The van der Waals surface area contributed by atoms with Crippen LogP contribution in [0.5, 0.6) is 40.2 Å². The van der Waals surface area contributed by atoms with Gasteiger partial charge >= 0.3 is 5.97 Å². The van der Waals surface area contributed by atoms with Crippen LogP contribution in [-0.4, -0.2) is 84.9 Å². The Morgan fingerprint density at radius 2 is 1.27 bits per heavy atom. The molecule has 0 radical (unpaired) electrons. The first kappa shape index (κ1) is 49.4. The number of rotatable bonds is 13. The molecule has 0 bridgehead atoms. The van der Waals surface area contributed by atoms with E-state index in [0.717, 1.165) is 39.4 Å². The molecule has 0 saturated carbocycles. The molecule has 0 saturated heterocycles. The minimum absolute atomic E-state index is 0.0431. The second-order valence-electron chi connectivity index (χ2n) is 14.7. The van der Waals surface area contributed by atoms with Crippen LogP contribution in [0.4, 0.5) is 0 Å². The Bertz CT molecular complexity index is 2960. The van der Waals surface area contributed by atoms with E-state index < -0.39 is 12.6 Å². The summed E-state index contributed by atoms with van der Waals surface area (Å²) in [7, 11) is 1.53. The second-order valence-corrected chi connectivity index (χ2v) is 16.8. The van der Waals surface area contributed by atoms with Crippen molar-refractivity contribution in [3.05, 3.63) is 157 Å². The molecule has 0 atom stereocenters. The van der Waals surface area contributed by atoms with Gasteiger partial charge in [-0.05, 0) is 119 Å². The highest BCUT2D eigenvalue weighted by atomic mass is 32.2. The SMILES string of the molecule is COc1ccc(C(=O)COC(=O)c2cc(C)ccc2O)cc1.Cc1ccc(OCC(=O)c2cc(C)c(O)cc2O)cc1.Cc1sc2nc(SCC(=O)c3ccc(O)c(O)c3)[nH]c(=O)c2c1C. The van der Waals surface area contributed by atoms with Gasteiger partial charge in [0.05, 0.1) is 23.8 Å². The van der Waals surface area contributed by atoms with Crippen molar-refractivity contribution in [3.8, 4) is 40.2 Å². The predicted molar refractivity (Wildman–Crippen MR) is 251 cm³/mol. The number of aromatic nitrogens is 2. The number of hydrogen-bond donors (Lipinski definition) is 6. The molecule has 0 unspecified atom stereocenters. The maximum Gasteiger partial charge on any atom is 0.342 e. The van der Waals surface area contributed by atoms with E-state index in [-0.39, 0.29) is 80.7 Å². The van der Waals surface area contributed by atoms with Crippen LogP contribution < -0.4 is 15.0 Å². The number of esters is 1.